The number of hydrogen-bond donors (Lipinski definition) is 2. The number of aromatic nitrogens is 1. The Bertz CT molecular complexity index is 1250. The number of rotatable bonds is 6. The molecule has 1 saturated heterocycles. The van der Waals surface area contributed by atoms with Crippen LogP contribution in [0.25, 0.3) is 10.2 Å². The Balaban J connectivity index is 1.15. The minimum absolute atomic E-state index is 0.00469. The van der Waals surface area contributed by atoms with Crippen LogP contribution in [0, 0.1) is 0 Å². The van der Waals surface area contributed by atoms with E-state index < -0.39 is 0 Å². The monoisotopic (exact) mass is 472 g/mol. The molecule has 1 fully saturated rings. The molecule has 174 valence electrons. The van der Waals surface area contributed by atoms with Gasteiger partial charge in [-0.3, -0.25) is 9.69 Å². The molecule has 7 heteroatoms. The lowest BCUT2D eigenvalue weighted by molar-refractivity contribution is -0.120. The van der Waals surface area contributed by atoms with E-state index in [0.717, 1.165) is 54.5 Å². The van der Waals surface area contributed by atoms with Gasteiger partial charge in [0.1, 0.15) is 5.75 Å². The molecule has 3 aromatic carbocycles. The number of benzene rings is 3. The Morgan fingerprint density at radius 2 is 1.71 bits per heavy atom. The van der Waals surface area contributed by atoms with Crippen molar-refractivity contribution in [3.05, 3.63) is 83.4 Å². The SMILES string of the molecule is C[C@H](C(=O)Nc1ccc(Cc2nc3ccccc3s2)cc1)N1CCN(c2ccccc2O)CC1. The summed E-state index contributed by atoms with van der Waals surface area (Å²) in [6, 6.07) is 23.4. The van der Waals surface area contributed by atoms with Gasteiger partial charge in [0.15, 0.2) is 0 Å². The van der Waals surface area contributed by atoms with Crippen molar-refractivity contribution >= 4 is 38.8 Å². The maximum absolute atomic E-state index is 12.9. The molecule has 0 saturated carbocycles. The van der Waals surface area contributed by atoms with E-state index in [4.69, 9.17) is 4.98 Å². The summed E-state index contributed by atoms with van der Waals surface area (Å²) in [7, 11) is 0. The molecule has 1 aliphatic heterocycles. The summed E-state index contributed by atoms with van der Waals surface area (Å²) < 4.78 is 1.21. The molecule has 0 aliphatic carbocycles. The van der Waals surface area contributed by atoms with E-state index in [0.29, 0.717) is 5.75 Å². The summed E-state index contributed by atoms with van der Waals surface area (Å²) in [5, 5.41) is 14.3. The minimum atomic E-state index is -0.228. The third-order valence-electron chi connectivity index (χ3n) is 6.38. The van der Waals surface area contributed by atoms with Crippen molar-refractivity contribution in [2.45, 2.75) is 19.4 Å². The van der Waals surface area contributed by atoms with E-state index in [1.807, 2.05) is 55.5 Å². The van der Waals surface area contributed by atoms with Gasteiger partial charge < -0.3 is 15.3 Å². The van der Waals surface area contributed by atoms with E-state index in [9.17, 15) is 9.90 Å². The second-order valence-electron chi connectivity index (χ2n) is 8.63. The molecule has 1 amide bonds. The van der Waals surface area contributed by atoms with Gasteiger partial charge in [0.2, 0.25) is 5.91 Å². The summed E-state index contributed by atoms with van der Waals surface area (Å²) >= 11 is 1.72. The number of piperazine rings is 1. The number of phenols is 1. The fraction of sp³-hybridized carbons (Fsp3) is 0.259. The van der Waals surface area contributed by atoms with Gasteiger partial charge in [-0.2, -0.15) is 0 Å². The van der Waals surface area contributed by atoms with Crippen molar-refractivity contribution in [2.24, 2.45) is 0 Å². The smallest absolute Gasteiger partial charge is 0.241 e. The van der Waals surface area contributed by atoms with Crippen molar-refractivity contribution < 1.29 is 9.90 Å². The van der Waals surface area contributed by atoms with E-state index in [2.05, 4.69) is 33.3 Å². The summed E-state index contributed by atoms with van der Waals surface area (Å²) in [6.45, 7) is 5.03. The van der Waals surface area contributed by atoms with Crippen molar-refractivity contribution in [3.8, 4) is 5.75 Å². The number of thiazole rings is 1. The number of anilines is 2. The van der Waals surface area contributed by atoms with Crippen molar-refractivity contribution in [1.29, 1.82) is 0 Å². The lowest BCUT2D eigenvalue weighted by Crippen LogP contribution is -2.52. The Labute approximate surface area is 203 Å². The largest absolute Gasteiger partial charge is 0.506 e. The maximum Gasteiger partial charge on any atom is 0.241 e. The summed E-state index contributed by atoms with van der Waals surface area (Å²) in [5.74, 6) is 0.295. The van der Waals surface area contributed by atoms with Crippen LogP contribution >= 0.6 is 11.3 Å². The Kier molecular flexibility index (Phi) is 6.47. The van der Waals surface area contributed by atoms with E-state index in [1.165, 1.54) is 10.3 Å². The number of para-hydroxylation sites is 3. The van der Waals surface area contributed by atoms with Gasteiger partial charge in [-0.15, -0.1) is 11.3 Å². The minimum Gasteiger partial charge on any atom is -0.506 e. The first-order valence-corrected chi connectivity index (χ1v) is 12.4. The number of carbonyl (C=O) groups excluding carboxylic acids is 1. The molecule has 1 aromatic heterocycles. The quantitative estimate of drug-likeness (QED) is 0.424. The van der Waals surface area contributed by atoms with E-state index in [1.54, 1.807) is 17.4 Å². The number of aromatic hydroxyl groups is 1. The van der Waals surface area contributed by atoms with Crippen LogP contribution in [0.3, 0.4) is 0 Å². The molecule has 2 N–H and O–H groups in total. The van der Waals surface area contributed by atoms with Crippen molar-refractivity contribution in [3.63, 3.8) is 0 Å². The maximum atomic E-state index is 12.9. The average Bonchev–Trinajstić information content (AvgIpc) is 3.27. The third kappa shape index (κ3) is 4.90. The summed E-state index contributed by atoms with van der Waals surface area (Å²) in [6.07, 6.45) is 0.783. The molecule has 0 bridgehead atoms. The van der Waals surface area contributed by atoms with Crippen LogP contribution in [0.15, 0.2) is 72.8 Å². The zero-order valence-electron chi connectivity index (χ0n) is 19.1. The third-order valence-corrected chi connectivity index (χ3v) is 7.42. The van der Waals surface area contributed by atoms with Crippen LogP contribution in [0.4, 0.5) is 11.4 Å². The highest BCUT2D eigenvalue weighted by molar-refractivity contribution is 7.18. The Morgan fingerprint density at radius 3 is 2.44 bits per heavy atom. The fourth-order valence-corrected chi connectivity index (χ4v) is 5.37. The molecule has 5 rings (SSSR count). The molecule has 4 aromatic rings. The molecule has 34 heavy (non-hydrogen) atoms. The van der Waals surface area contributed by atoms with Crippen molar-refractivity contribution in [2.75, 3.05) is 36.4 Å². The molecular weight excluding hydrogens is 444 g/mol. The Hall–Kier alpha value is -3.42. The molecule has 0 unspecified atom stereocenters. The topological polar surface area (TPSA) is 68.7 Å². The number of nitrogens with zero attached hydrogens (tertiary/aromatic N) is 3. The molecule has 2 heterocycles. The first-order valence-electron chi connectivity index (χ1n) is 11.6. The first-order chi connectivity index (χ1) is 16.6. The predicted molar refractivity (Wildman–Crippen MR) is 139 cm³/mol. The second-order valence-corrected chi connectivity index (χ2v) is 9.74. The normalized spacial score (nSPS) is 15.4. The highest BCUT2D eigenvalue weighted by Gasteiger charge is 2.26. The first kappa shape index (κ1) is 22.4. The number of hydrogen-bond acceptors (Lipinski definition) is 6. The predicted octanol–water partition coefficient (Wildman–Crippen LogP) is 4.74. The molecular formula is C27H28N4O2S. The molecule has 0 spiro atoms. The number of amides is 1. The average molecular weight is 473 g/mol. The van der Waals surface area contributed by atoms with Gasteiger partial charge in [-0.25, -0.2) is 4.98 Å². The van der Waals surface area contributed by atoms with Crippen LogP contribution in [0.1, 0.15) is 17.5 Å². The van der Waals surface area contributed by atoms with Crippen LogP contribution in [0.2, 0.25) is 0 Å². The summed E-state index contributed by atoms with van der Waals surface area (Å²) in [5.41, 5.74) is 3.87. The van der Waals surface area contributed by atoms with Crippen LogP contribution < -0.4 is 10.2 Å². The van der Waals surface area contributed by atoms with Crippen LogP contribution in [-0.2, 0) is 11.2 Å². The lowest BCUT2D eigenvalue weighted by Gasteiger charge is -2.38. The van der Waals surface area contributed by atoms with Gasteiger partial charge in [0.05, 0.1) is 27.0 Å². The fourth-order valence-electron chi connectivity index (χ4n) is 4.37. The second kappa shape index (κ2) is 9.83. The zero-order chi connectivity index (χ0) is 23.5. The Morgan fingerprint density at radius 1 is 1.00 bits per heavy atom. The highest BCUT2D eigenvalue weighted by atomic mass is 32.1. The number of nitrogens with one attached hydrogen (secondary N) is 1. The zero-order valence-corrected chi connectivity index (χ0v) is 20.0. The van der Waals surface area contributed by atoms with Crippen molar-refractivity contribution in [1.82, 2.24) is 9.88 Å². The standard InChI is InChI=1S/C27H28N4O2S/c1-19(30-14-16-31(17-15-30)23-7-3-4-8-24(23)32)27(33)28-21-12-10-20(11-13-21)18-26-29-22-6-2-5-9-25(22)34-26/h2-13,19,32H,14-18H2,1H3,(H,28,33)/t19-/m1/s1. The highest BCUT2D eigenvalue weighted by Crippen LogP contribution is 2.28. The van der Waals surface area contributed by atoms with E-state index in [-0.39, 0.29) is 11.9 Å². The van der Waals surface area contributed by atoms with Gasteiger partial charge >= 0.3 is 0 Å². The molecule has 6 nitrogen and oxygen atoms in total. The number of fused-ring (bicyclic) bond motifs is 1. The van der Waals surface area contributed by atoms with Gasteiger partial charge in [0, 0.05) is 38.3 Å². The number of carbonyl (C=O) groups is 1. The molecule has 1 aliphatic rings. The van der Waals surface area contributed by atoms with Gasteiger partial charge in [-0.1, -0.05) is 36.4 Å². The molecule has 1 atom stereocenters. The van der Waals surface area contributed by atoms with Gasteiger partial charge in [-0.05, 0) is 48.9 Å². The molecule has 0 radical (unpaired) electrons. The van der Waals surface area contributed by atoms with Crippen LogP contribution in [0.5, 0.6) is 5.75 Å². The lowest BCUT2D eigenvalue weighted by atomic mass is 10.1. The van der Waals surface area contributed by atoms with E-state index >= 15 is 0 Å². The number of phenolic OH excluding ortho intramolecular Hbond substituents is 1. The van der Waals surface area contributed by atoms with Crippen LogP contribution in [-0.4, -0.2) is 53.1 Å². The summed E-state index contributed by atoms with van der Waals surface area (Å²) in [4.78, 5) is 21.9. The van der Waals surface area contributed by atoms with Gasteiger partial charge in [0.25, 0.3) is 0 Å².